The van der Waals surface area contributed by atoms with Crippen LogP contribution in [-0.2, 0) is 0 Å². The highest BCUT2D eigenvalue weighted by atomic mass is 14.9. The lowest BCUT2D eigenvalue weighted by atomic mass is 9.87. The third-order valence-electron chi connectivity index (χ3n) is 3.83. The number of hydrogen-bond acceptors (Lipinski definition) is 1. The molecule has 0 aliphatic rings. The van der Waals surface area contributed by atoms with E-state index in [0.29, 0.717) is 6.04 Å². The van der Waals surface area contributed by atoms with Crippen molar-refractivity contribution in [2.45, 2.75) is 53.5 Å². The van der Waals surface area contributed by atoms with Crippen LogP contribution in [0.1, 0.15) is 56.3 Å². The Hall–Kier alpha value is -0.820. The zero-order valence-corrected chi connectivity index (χ0v) is 12.0. The lowest BCUT2D eigenvalue weighted by Gasteiger charge is -2.27. The van der Waals surface area contributed by atoms with Crippen molar-refractivity contribution < 1.29 is 0 Å². The lowest BCUT2D eigenvalue weighted by Crippen LogP contribution is -2.27. The first kappa shape index (κ1) is 14.2. The highest BCUT2D eigenvalue weighted by Crippen LogP contribution is 2.28. The molecule has 0 saturated heterocycles. The summed E-state index contributed by atoms with van der Waals surface area (Å²) in [6.45, 7) is 12.2. The predicted molar refractivity (Wildman–Crippen MR) is 76.4 cm³/mol. The highest BCUT2D eigenvalue weighted by molar-refractivity contribution is 5.32. The summed E-state index contributed by atoms with van der Waals surface area (Å²) in [6, 6.07) is 7.39. The number of rotatable bonds is 6. The second-order valence-corrected chi connectivity index (χ2v) is 4.96. The van der Waals surface area contributed by atoms with Crippen molar-refractivity contribution in [2.24, 2.45) is 5.92 Å². The Morgan fingerprint density at radius 1 is 1.00 bits per heavy atom. The van der Waals surface area contributed by atoms with E-state index in [1.807, 2.05) is 0 Å². The number of benzene rings is 1. The fraction of sp³-hybridized carbons (Fsp3) is 0.625. The molecule has 0 saturated carbocycles. The van der Waals surface area contributed by atoms with E-state index < -0.39 is 0 Å². The molecule has 0 bridgehead atoms. The Morgan fingerprint density at radius 3 is 2.12 bits per heavy atom. The molecule has 1 heteroatoms. The molecule has 0 fully saturated rings. The van der Waals surface area contributed by atoms with Gasteiger partial charge in [-0.1, -0.05) is 51.8 Å². The summed E-state index contributed by atoms with van der Waals surface area (Å²) in [5.74, 6) is 0.733. The van der Waals surface area contributed by atoms with Crippen LogP contribution in [0.5, 0.6) is 0 Å². The van der Waals surface area contributed by atoms with Crippen LogP contribution in [0.3, 0.4) is 0 Å². The smallest absolute Gasteiger partial charge is 0.0348 e. The molecule has 17 heavy (non-hydrogen) atoms. The fourth-order valence-corrected chi connectivity index (χ4v) is 2.49. The molecule has 1 unspecified atom stereocenters. The first-order valence-electron chi connectivity index (χ1n) is 6.94. The molecule has 1 N–H and O–H groups in total. The maximum Gasteiger partial charge on any atom is 0.0348 e. The van der Waals surface area contributed by atoms with Gasteiger partial charge in [0.1, 0.15) is 0 Å². The Bertz CT molecular complexity index is 339. The van der Waals surface area contributed by atoms with E-state index in [1.165, 1.54) is 29.5 Å². The van der Waals surface area contributed by atoms with Gasteiger partial charge in [-0.15, -0.1) is 0 Å². The average Bonchev–Trinajstić information content (AvgIpc) is 2.33. The molecule has 96 valence electrons. The topological polar surface area (TPSA) is 12.0 Å². The van der Waals surface area contributed by atoms with Gasteiger partial charge in [0, 0.05) is 6.04 Å². The van der Waals surface area contributed by atoms with Crippen LogP contribution in [0.4, 0.5) is 0 Å². The summed E-state index contributed by atoms with van der Waals surface area (Å²) in [4.78, 5) is 0. The SMILES string of the molecule is CCNC(c1ccc(C)c(C)c1)C(CC)CC. The Balaban J connectivity index is 2.99. The quantitative estimate of drug-likeness (QED) is 0.768. The second-order valence-electron chi connectivity index (χ2n) is 4.96. The highest BCUT2D eigenvalue weighted by Gasteiger charge is 2.19. The van der Waals surface area contributed by atoms with Gasteiger partial charge >= 0.3 is 0 Å². The van der Waals surface area contributed by atoms with E-state index >= 15 is 0 Å². The van der Waals surface area contributed by atoms with E-state index in [2.05, 4.69) is 58.1 Å². The van der Waals surface area contributed by atoms with Crippen LogP contribution in [0.15, 0.2) is 18.2 Å². The van der Waals surface area contributed by atoms with Crippen molar-refractivity contribution in [3.8, 4) is 0 Å². The monoisotopic (exact) mass is 233 g/mol. The van der Waals surface area contributed by atoms with Crippen molar-refractivity contribution in [2.75, 3.05) is 6.54 Å². The van der Waals surface area contributed by atoms with Gasteiger partial charge in [-0.3, -0.25) is 0 Å². The van der Waals surface area contributed by atoms with E-state index in [-0.39, 0.29) is 0 Å². The molecular formula is C16H27N. The largest absolute Gasteiger partial charge is 0.310 e. The summed E-state index contributed by atoms with van der Waals surface area (Å²) in [5.41, 5.74) is 4.23. The normalized spacial score (nSPS) is 13.1. The minimum absolute atomic E-state index is 0.509. The number of aryl methyl sites for hydroxylation is 2. The van der Waals surface area contributed by atoms with Crippen molar-refractivity contribution in [1.82, 2.24) is 5.32 Å². The fourth-order valence-electron chi connectivity index (χ4n) is 2.49. The minimum atomic E-state index is 0.509. The molecule has 1 nitrogen and oxygen atoms in total. The molecule has 1 aromatic carbocycles. The van der Waals surface area contributed by atoms with Crippen molar-refractivity contribution >= 4 is 0 Å². The molecule has 1 atom stereocenters. The summed E-state index contributed by atoms with van der Waals surface area (Å²) < 4.78 is 0. The van der Waals surface area contributed by atoms with Crippen LogP contribution in [0, 0.1) is 19.8 Å². The first-order valence-corrected chi connectivity index (χ1v) is 6.94. The van der Waals surface area contributed by atoms with Crippen molar-refractivity contribution in [3.63, 3.8) is 0 Å². The maximum atomic E-state index is 3.65. The molecule has 0 aromatic heterocycles. The molecule has 1 aromatic rings. The van der Waals surface area contributed by atoms with Gasteiger partial charge in [0.05, 0.1) is 0 Å². The van der Waals surface area contributed by atoms with Gasteiger partial charge in [-0.25, -0.2) is 0 Å². The molecule has 0 spiro atoms. The van der Waals surface area contributed by atoms with Crippen LogP contribution in [0.2, 0.25) is 0 Å². The van der Waals surface area contributed by atoms with E-state index in [4.69, 9.17) is 0 Å². The van der Waals surface area contributed by atoms with E-state index in [0.717, 1.165) is 12.5 Å². The van der Waals surface area contributed by atoms with Crippen LogP contribution < -0.4 is 5.32 Å². The Labute approximate surface area is 107 Å². The molecule has 0 aliphatic carbocycles. The van der Waals surface area contributed by atoms with Gasteiger partial charge < -0.3 is 5.32 Å². The number of hydrogen-bond donors (Lipinski definition) is 1. The average molecular weight is 233 g/mol. The Morgan fingerprint density at radius 2 is 1.65 bits per heavy atom. The van der Waals surface area contributed by atoms with Gasteiger partial charge in [0.25, 0.3) is 0 Å². The molecule has 0 aliphatic heterocycles. The zero-order chi connectivity index (χ0) is 12.8. The third kappa shape index (κ3) is 3.57. The lowest BCUT2D eigenvalue weighted by molar-refractivity contribution is 0.346. The predicted octanol–water partition coefficient (Wildman–Crippen LogP) is 4.39. The molecule has 0 amide bonds. The van der Waals surface area contributed by atoms with Crippen LogP contribution >= 0.6 is 0 Å². The summed E-state index contributed by atoms with van der Waals surface area (Å²) in [5, 5.41) is 3.65. The number of nitrogens with one attached hydrogen (secondary N) is 1. The molecule has 0 heterocycles. The van der Waals surface area contributed by atoms with Crippen molar-refractivity contribution in [3.05, 3.63) is 34.9 Å². The Kier molecular flexibility index (Phi) is 5.70. The van der Waals surface area contributed by atoms with E-state index in [9.17, 15) is 0 Å². The van der Waals surface area contributed by atoms with Gasteiger partial charge in [0.2, 0.25) is 0 Å². The summed E-state index contributed by atoms with van der Waals surface area (Å²) >= 11 is 0. The van der Waals surface area contributed by atoms with Gasteiger partial charge in [0.15, 0.2) is 0 Å². The molecular weight excluding hydrogens is 206 g/mol. The van der Waals surface area contributed by atoms with Crippen molar-refractivity contribution in [1.29, 1.82) is 0 Å². The standard InChI is InChI=1S/C16H27N/c1-6-14(7-2)16(17-8-3)15-10-9-12(4)13(5)11-15/h9-11,14,16-17H,6-8H2,1-5H3. The summed E-state index contributed by atoms with van der Waals surface area (Å²) in [6.07, 6.45) is 2.47. The van der Waals surface area contributed by atoms with Gasteiger partial charge in [-0.05, 0) is 43.0 Å². The molecule has 0 radical (unpaired) electrons. The van der Waals surface area contributed by atoms with E-state index in [1.54, 1.807) is 0 Å². The van der Waals surface area contributed by atoms with Crippen LogP contribution in [-0.4, -0.2) is 6.54 Å². The third-order valence-corrected chi connectivity index (χ3v) is 3.83. The minimum Gasteiger partial charge on any atom is -0.310 e. The van der Waals surface area contributed by atoms with Gasteiger partial charge in [-0.2, -0.15) is 0 Å². The van der Waals surface area contributed by atoms with Crippen LogP contribution in [0.25, 0.3) is 0 Å². The zero-order valence-electron chi connectivity index (χ0n) is 12.0. The maximum absolute atomic E-state index is 3.65. The first-order chi connectivity index (χ1) is 8.13. The molecule has 1 rings (SSSR count). The summed E-state index contributed by atoms with van der Waals surface area (Å²) in [7, 11) is 0. The second kappa shape index (κ2) is 6.80.